The first-order valence-electron chi connectivity index (χ1n) is 4.74. The first-order chi connectivity index (χ1) is 7.28. The van der Waals surface area contributed by atoms with E-state index in [1.165, 1.54) is 6.92 Å². The van der Waals surface area contributed by atoms with Gasteiger partial charge in [-0.15, -0.1) is 0 Å². The van der Waals surface area contributed by atoms with Crippen LogP contribution in [0.2, 0.25) is 0 Å². The molecular weight excluding hydrogens is 228 g/mol. The maximum Gasteiger partial charge on any atom is 0.414 e. The third-order valence-corrected chi connectivity index (χ3v) is 2.22. The minimum atomic E-state index is -0.572. The summed E-state index contributed by atoms with van der Waals surface area (Å²) in [5.41, 5.74) is -0.0545. The Balaban J connectivity index is 2.60. The van der Waals surface area contributed by atoms with Gasteiger partial charge in [-0.1, -0.05) is 11.3 Å². The van der Waals surface area contributed by atoms with Crippen LogP contribution in [0.3, 0.4) is 0 Å². The predicted octanol–water partition coefficient (Wildman–Crippen LogP) is 2.23. The molecule has 1 N–H and O–H groups in total. The Morgan fingerprint density at radius 2 is 2.06 bits per heavy atom. The lowest BCUT2D eigenvalue weighted by molar-refractivity contribution is 0.101. The Morgan fingerprint density at radius 1 is 1.44 bits per heavy atom. The van der Waals surface area contributed by atoms with Crippen molar-refractivity contribution in [3.63, 3.8) is 0 Å². The van der Waals surface area contributed by atoms with Gasteiger partial charge in [0, 0.05) is 17.8 Å². The Hall–Kier alpha value is -1.43. The number of ketones is 1. The lowest BCUT2D eigenvalue weighted by Crippen LogP contribution is -2.42. The first kappa shape index (κ1) is 12.6. The van der Waals surface area contributed by atoms with Gasteiger partial charge in [0.25, 0.3) is 5.19 Å². The van der Waals surface area contributed by atoms with E-state index >= 15 is 0 Å². The highest BCUT2D eigenvalue weighted by molar-refractivity contribution is 7.11. The molecule has 0 spiro atoms. The van der Waals surface area contributed by atoms with Crippen molar-refractivity contribution in [1.29, 1.82) is 0 Å². The molecule has 1 rings (SSSR count). The third-order valence-electron chi connectivity index (χ3n) is 1.50. The van der Waals surface area contributed by atoms with Crippen molar-refractivity contribution in [1.82, 2.24) is 10.3 Å². The smallest absolute Gasteiger partial charge is 0.381 e. The summed E-state index contributed by atoms with van der Waals surface area (Å²) >= 11 is 1.12. The highest BCUT2D eigenvalue weighted by Crippen LogP contribution is 2.18. The Kier molecular flexibility index (Phi) is 3.64. The quantitative estimate of drug-likeness (QED) is 0.807. The number of ether oxygens (including phenoxy) is 1. The molecule has 0 radical (unpaired) electrons. The molecule has 1 aromatic heterocycles. The Bertz CT molecular complexity index is 406. The molecule has 0 aliphatic rings. The van der Waals surface area contributed by atoms with Crippen molar-refractivity contribution in [2.45, 2.75) is 33.2 Å². The fraction of sp³-hybridized carbons (Fsp3) is 0.500. The van der Waals surface area contributed by atoms with Crippen molar-refractivity contribution in [2.75, 3.05) is 0 Å². The lowest BCUT2D eigenvalue weighted by atomic mass is 10.1. The van der Waals surface area contributed by atoms with E-state index in [1.807, 2.05) is 20.8 Å². The molecular formula is C10H14N2O3S. The van der Waals surface area contributed by atoms with Crippen LogP contribution in [0.4, 0.5) is 4.79 Å². The molecule has 0 aliphatic carbocycles. The molecule has 5 nitrogen and oxygen atoms in total. The largest absolute Gasteiger partial charge is 0.414 e. The zero-order valence-electron chi connectivity index (χ0n) is 9.66. The lowest BCUT2D eigenvalue weighted by Gasteiger charge is -2.18. The summed E-state index contributed by atoms with van der Waals surface area (Å²) < 4.78 is 4.93. The van der Waals surface area contributed by atoms with Gasteiger partial charge in [-0.3, -0.25) is 4.79 Å². The van der Waals surface area contributed by atoms with Gasteiger partial charge in [-0.2, -0.15) is 4.98 Å². The SMILES string of the molecule is CC(=O)c1csc(OC(=O)NC(C)(C)C)n1. The van der Waals surface area contributed by atoms with Gasteiger partial charge < -0.3 is 10.1 Å². The summed E-state index contributed by atoms with van der Waals surface area (Å²) in [7, 11) is 0. The maximum absolute atomic E-state index is 11.4. The van der Waals surface area contributed by atoms with Crippen LogP contribution in [0.5, 0.6) is 5.19 Å². The van der Waals surface area contributed by atoms with Crippen molar-refractivity contribution >= 4 is 23.2 Å². The molecule has 0 fully saturated rings. The van der Waals surface area contributed by atoms with Crippen LogP contribution < -0.4 is 10.1 Å². The first-order valence-corrected chi connectivity index (χ1v) is 5.62. The molecule has 0 saturated carbocycles. The van der Waals surface area contributed by atoms with E-state index < -0.39 is 6.09 Å². The molecule has 0 aliphatic heterocycles. The fourth-order valence-electron chi connectivity index (χ4n) is 0.877. The number of carbonyl (C=O) groups excluding carboxylic acids is 2. The van der Waals surface area contributed by atoms with E-state index in [1.54, 1.807) is 5.38 Å². The van der Waals surface area contributed by atoms with Crippen molar-refractivity contribution in [2.24, 2.45) is 0 Å². The van der Waals surface area contributed by atoms with Crippen LogP contribution in [0.25, 0.3) is 0 Å². The number of nitrogens with one attached hydrogen (secondary N) is 1. The van der Waals surface area contributed by atoms with Gasteiger partial charge in [0.2, 0.25) is 0 Å². The summed E-state index contributed by atoms with van der Waals surface area (Å²) in [6.07, 6.45) is -0.572. The van der Waals surface area contributed by atoms with Crippen LogP contribution >= 0.6 is 11.3 Å². The minimum Gasteiger partial charge on any atom is -0.381 e. The molecule has 1 heterocycles. The van der Waals surface area contributed by atoms with Crippen LogP contribution in [0.1, 0.15) is 38.2 Å². The number of hydrogen-bond donors (Lipinski definition) is 1. The molecule has 0 saturated heterocycles. The second-order valence-electron chi connectivity index (χ2n) is 4.32. The number of hydrogen-bond acceptors (Lipinski definition) is 5. The van der Waals surface area contributed by atoms with E-state index in [4.69, 9.17) is 4.74 Å². The molecule has 0 atom stereocenters. The molecule has 1 amide bonds. The average Bonchev–Trinajstić information content (AvgIpc) is 2.48. The summed E-state index contributed by atoms with van der Waals surface area (Å²) in [6.45, 7) is 6.94. The number of amides is 1. The van der Waals surface area contributed by atoms with Crippen LogP contribution in [0.15, 0.2) is 5.38 Å². The highest BCUT2D eigenvalue weighted by atomic mass is 32.1. The zero-order chi connectivity index (χ0) is 12.3. The second-order valence-corrected chi connectivity index (χ2v) is 5.14. The van der Waals surface area contributed by atoms with Crippen LogP contribution in [-0.4, -0.2) is 22.4 Å². The monoisotopic (exact) mass is 242 g/mol. The summed E-state index contributed by atoms with van der Waals surface area (Å²) in [5.74, 6) is -0.151. The summed E-state index contributed by atoms with van der Waals surface area (Å²) in [4.78, 5) is 26.2. The normalized spacial score (nSPS) is 11.0. The van der Waals surface area contributed by atoms with Gasteiger partial charge in [0.15, 0.2) is 5.78 Å². The number of nitrogens with zero attached hydrogens (tertiary/aromatic N) is 1. The van der Waals surface area contributed by atoms with E-state index in [9.17, 15) is 9.59 Å². The van der Waals surface area contributed by atoms with E-state index in [0.717, 1.165) is 11.3 Å². The zero-order valence-corrected chi connectivity index (χ0v) is 10.5. The van der Waals surface area contributed by atoms with Gasteiger partial charge in [-0.05, 0) is 20.8 Å². The molecule has 1 aromatic rings. The van der Waals surface area contributed by atoms with Gasteiger partial charge in [0.1, 0.15) is 5.69 Å². The summed E-state index contributed by atoms with van der Waals surface area (Å²) in [5, 5.41) is 4.36. The van der Waals surface area contributed by atoms with Crippen LogP contribution in [-0.2, 0) is 0 Å². The number of carbonyl (C=O) groups is 2. The molecule has 0 unspecified atom stereocenters. The Labute approximate surface area is 97.8 Å². The number of Topliss-reactive ketones (excluding diaryl/α,β-unsaturated/α-hetero) is 1. The number of aromatic nitrogens is 1. The predicted molar refractivity (Wildman–Crippen MR) is 61.0 cm³/mol. The second kappa shape index (κ2) is 4.61. The standard InChI is InChI=1S/C10H14N2O3S/c1-6(13)7-5-16-9(11-7)15-8(14)12-10(2,3)4/h5H,1-4H3,(H,12,14). The van der Waals surface area contributed by atoms with Crippen LogP contribution in [0, 0.1) is 0 Å². The van der Waals surface area contributed by atoms with Crippen molar-refractivity contribution < 1.29 is 14.3 Å². The van der Waals surface area contributed by atoms with Gasteiger partial charge in [-0.25, -0.2) is 4.79 Å². The molecule has 88 valence electrons. The average molecular weight is 242 g/mol. The van der Waals surface area contributed by atoms with Gasteiger partial charge in [0.05, 0.1) is 0 Å². The van der Waals surface area contributed by atoms with Crippen molar-refractivity contribution in [3.05, 3.63) is 11.1 Å². The molecule has 6 heteroatoms. The van der Waals surface area contributed by atoms with Crippen molar-refractivity contribution in [3.8, 4) is 5.19 Å². The molecule has 16 heavy (non-hydrogen) atoms. The molecule has 0 bridgehead atoms. The van der Waals surface area contributed by atoms with E-state index in [-0.39, 0.29) is 16.5 Å². The highest BCUT2D eigenvalue weighted by Gasteiger charge is 2.17. The van der Waals surface area contributed by atoms with E-state index in [2.05, 4.69) is 10.3 Å². The molecule has 0 aromatic carbocycles. The topological polar surface area (TPSA) is 68.3 Å². The maximum atomic E-state index is 11.4. The summed E-state index contributed by atoms with van der Waals surface area (Å²) in [6, 6.07) is 0. The Morgan fingerprint density at radius 3 is 2.50 bits per heavy atom. The number of rotatable bonds is 2. The minimum absolute atomic E-state index is 0.151. The number of thiazole rings is 1. The van der Waals surface area contributed by atoms with Gasteiger partial charge >= 0.3 is 6.09 Å². The third kappa shape index (κ3) is 3.98. The van der Waals surface area contributed by atoms with E-state index in [0.29, 0.717) is 5.69 Å². The fourth-order valence-corrected chi connectivity index (χ4v) is 1.58.